The normalized spacial score (nSPS) is 17.6. The van der Waals surface area contributed by atoms with E-state index in [0.29, 0.717) is 17.8 Å². The van der Waals surface area contributed by atoms with Crippen molar-refractivity contribution in [1.82, 2.24) is 24.0 Å². The third kappa shape index (κ3) is 3.75. The Kier molecular flexibility index (Phi) is 4.86. The Hall–Kier alpha value is -3.00. The van der Waals surface area contributed by atoms with Crippen LogP contribution in [0.15, 0.2) is 46.6 Å². The monoisotopic (exact) mass is 406 g/mol. The fourth-order valence-corrected chi connectivity index (χ4v) is 4.12. The number of hydrogen-bond donors (Lipinski definition) is 0. The number of rotatable bonds is 5. The number of benzene rings is 1. The van der Waals surface area contributed by atoms with E-state index < -0.39 is 0 Å². The summed E-state index contributed by atoms with van der Waals surface area (Å²) in [5.41, 5.74) is 2.64. The highest BCUT2D eigenvalue weighted by Gasteiger charge is 2.23. The van der Waals surface area contributed by atoms with Gasteiger partial charge in [-0.3, -0.25) is 19.1 Å². The lowest BCUT2D eigenvalue weighted by Crippen LogP contribution is -2.46. The molecule has 8 heteroatoms. The Morgan fingerprint density at radius 1 is 1.03 bits per heavy atom. The number of piperazine rings is 1. The maximum Gasteiger partial charge on any atom is 0.261 e. The van der Waals surface area contributed by atoms with E-state index in [1.807, 2.05) is 18.2 Å². The summed E-state index contributed by atoms with van der Waals surface area (Å²) >= 11 is 0. The van der Waals surface area contributed by atoms with E-state index in [0.717, 1.165) is 49.5 Å². The molecule has 1 saturated heterocycles. The third-order valence-electron chi connectivity index (χ3n) is 6.16. The predicted molar refractivity (Wildman–Crippen MR) is 116 cm³/mol. The van der Waals surface area contributed by atoms with Gasteiger partial charge in [0.2, 0.25) is 0 Å². The van der Waals surface area contributed by atoms with Crippen LogP contribution in [0.1, 0.15) is 18.4 Å². The third-order valence-corrected chi connectivity index (χ3v) is 6.16. The number of nitrogens with zero attached hydrogens (tertiary/aromatic N) is 6. The van der Waals surface area contributed by atoms with Crippen LogP contribution >= 0.6 is 0 Å². The van der Waals surface area contributed by atoms with Crippen molar-refractivity contribution in [2.45, 2.75) is 25.9 Å². The minimum Gasteiger partial charge on any atom is -0.369 e. The van der Waals surface area contributed by atoms with E-state index in [-0.39, 0.29) is 11.1 Å². The first kappa shape index (κ1) is 19.0. The fourth-order valence-electron chi connectivity index (χ4n) is 4.12. The van der Waals surface area contributed by atoms with Crippen molar-refractivity contribution in [3.63, 3.8) is 0 Å². The van der Waals surface area contributed by atoms with Crippen LogP contribution < -0.4 is 16.0 Å². The van der Waals surface area contributed by atoms with E-state index in [1.165, 1.54) is 23.7 Å². The summed E-state index contributed by atoms with van der Waals surface area (Å²) in [6, 6.07) is 5.96. The quantitative estimate of drug-likeness (QED) is 0.634. The zero-order valence-electron chi connectivity index (χ0n) is 17.2. The van der Waals surface area contributed by atoms with Crippen molar-refractivity contribution in [2.24, 2.45) is 13.0 Å². The summed E-state index contributed by atoms with van der Waals surface area (Å²) in [5, 5.41) is 0.688. The van der Waals surface area contributed by atoms with Gasteiger partial charge in [0.1, 0.15) is 0 Å². The van der Waals surface area contributed by atoms with Crippen LogP contribution in [-0.2, 0) is 20.1 Å². The number of anilines is 1. The number of aryl methyl sites for hydroxylation is 1. The van der Waals surface area contributed by atoms with E-state index in [2.05, 4.69) is 19.8 Å². The van der Waals surface area contributed by atoms with Crippen molar-refractivity contribution < 1.29 is 0 Å². The summed E-state index contributed by atoms with van der Waals surface area (Å²) in [6.07, 6.45) is 7.33. The van der Waals surface area contributed by atoms with Gasteiger partial charge in [0, 0.05) is 63.8 Å². The van der Waals surface area contributed by atoms with Gasteiger partial charge in [0.05, 0.1) is 23.6 Å². The van der Waals surface area contributed by atoms with Crippen molar-refractivity contribution in [2.75, 3.05) is 31.1 Å². The van der Waals surface area contributed by atoms with Gasteiger partial charge in [0.25, 0.3) is 11.1 Å². The topological polar surface area (TPSA) is 76.3 Å². The molecule has 8 nitrogen and oxygen atoms in total. The second-order valence-electron chi connectivity index (χ2n) is 8.45. The van der Waals surface area contributed by atoms with Crippen LogP contribution in [0.2, 0.25) is 0 Å². The molecule has 2 aliphatic rings. The minimum absolute atomic E-state index is 0.0142. The van der Waals surface area contributed by atoms with Crippen LogP contribution in [0.3, 0.4) is 0 Å². The highest BCUT2D eigenvalue weighted by molar-refractivity contribution is 5.81. The van der Waals surface area contributed by atoms with Crippen LogP contribution in [-0.4, -0.2) is 50.2 Å². The zero-order chi connectivity index (χ0) is 20.7. The first-order valence-corrected chi connectivity index (χ1v) is 10.5. The Bertz CT molecular complexity index is 1190. The molecule has 1 aliphatic heterocycles. The Morgan fingerprint density at radius 3 is 2.60 bits per heavy atom. The average Bonchev–Trinajstić information content (AvgIpc) is 3.58. The molecule has 30 heavy (non-hydrogen) atoms. The van der Waals surface area contributed by atoms with Crippen LogP contribution in [0, 0.1) is 5.92 Å². The minimum atomic E-state index is 0.0142. The number of aromatic nitrogens is 4. The molecule has 5 rings (SSSR count). The van der Waals surface area contributed by atoms with Crippen LogP contribution in [0.25, 0.3) is 10.9 Å². The van der Waals surface area contributed by atoms with Gasteiger partial charge in [-0.25, -0.2) is 9.97 Å². The molecule has 0 spiro atoms. The SMILES string of the molecule is Cn1cncc(CN2CCN(c3ccc4c(=O)n(CC5CC5)cnc4c3)CC2)c1=O. The molecule has 0 bridgehead atoms. The van der Waals surface area contributed by atoms with E-state index in [4.69, 9.17) is 0 Å². The molecular formula is C22H26N6O2. The maximum atomic E-state index is 12.7. The van der Waals surface area contributed by atoms with E-state index in [1.54, 1.807) is 24.1 Å². The summed E-state index contributed by atoms with van der Waals surface area (Å²) in [4.78, 5) is 38.2. The van der Waals surface area contributed by atoms with Crippen molar-refractivity contribution >= 4 is 16.6 Å². The lowest BCUT2D eigenvalue weighted by atomic mass is 10.2. The summed E-state index contributed by atoms with van der Waals surface area (Å²) in [5.74, 6) is 0.643. The second kappa shape index (κ2) is 7.68. The summed E-state index contributed by atoms with van der Waals surface area (Å²) in [6.45, 7) is 4.87. The highest BCUT2D eigenvalue weighted by atomic mass is 16.1. The summed E-state index contributed by atoms with van der Waals surface area (Å²) in [7, 11) is 1.73. The van der Waals surface area contributed by atoms with Gasteiger partial charge in [-0.15, -0.1) is 0 Å². The Labute approximate surface area is 174 Å². The van der Waals surface area contributed by atoms with Crippen molar-refractivity contribution in [3.8, 4) is 0 Å². The van der Waals surface area contributed by atoms with Gasteiger partial charge >= 0.3 is 0 Å². The fraction of sp³-hybridized carbons (Fsp3) is 0.455. The molecule has 0 atom stereocenters. The molecule has 0 N–H and O–H groups in total. The number of fused-ring (bicyclic) bond motifs is 1. The Balaban J connectivity index is 1.28. The lowest BCUT2D eigenvalue weighted by Gasteiger charge is -2.36. The molecular weight excluding hydrogens is 380 g/mol. The molecule has 1 aliphatic carbocycles. The molecule has 2 fully saturated rings. The molecule has 0 radical (unpaired) electrons. The second-order valence-corrected chi connectivity index (χ2v) is 8.45. The summed E-state index contributed by atoms with van der Waals surface area (Å²) < 4.78 is 3.27. The first-order valence-electron chi connectivity index (χ1n) is 10.5. The highest BCUT2D eigenvalue weighted by Crippen LogP contribution is 2.30. The molecule has 2 aromatic heterocycles. The molecule has 0 unspecified atom stereocenters. The first-order chi connectivity index (χ1) is 14.6. The predicted octanol–water partition coefficient (Wildman–Crippen LogP) is 1.22. The number of hydrogen-bond acceptors (Lipinski definition) is 6. The van der Waals surface area contributed by atoms with Gasteiger partial charge in [-0.2, -0.15) is 0 Å². The van der Waals surface area contributed by atoms with E-state index >= 15 is 0 Å². The van der Waals surface area contributed by atoms with Gasteiger partial charge in [0.15, 0.2) is 0 Å². The molecule has 1 saturated carbocycles. The standard InChI is InChI=1S/C22H26N6O2/c1-25-14-23-11-17(21(25)29)13-26-6-8-27(9-7-26)18-4-5-19-20(10-18)24-15-28(22(19)30)12-16-2-3-16/h4-5,10-11,14-16H,2-3,6-9,12-13H2,1H3. The zero-order valence-corrected chi connectivity index (χ0v) is 17.2. The largest absolute Gasteiger partial charge is 0.369 e. The van der Waals surface area contributed by atoms with Crippen LogP contribution in [0.4, 0.5) is 5.69 Å². The van der Waals surface area contributed by atoms with Crippen molar-refractivity contribution in [3.05, 3.63) is 63.3 Å². The van der Waals surface area contributed by atoms with Gasteiger partial charge < -0.3 is 9.47 Å². The molecule has 1 aromatic carbocycles. The van der Waals surface area contributed by atoms with Crippen molar-refractivity contribution in [1.29, 1.82) is 0 Å². The van der Waals surface area contributed by atoms with Crippen LogP contribution in [0.5, 0.6) is 0 Å². The van der Waals surface area contributed by atoms with E-state index in [9.17, 15) is 9.59 Å². The Morgan fingerprint density at radius 2 is 1.83 bits per heavy atom. The molecule has 156 valence electrons. The van der Waals surface area contributed by atoms with Gasteiger partial charge in [-0.05, 0) is 37.0 Å². The van der Waals surface area contributed by atoms with Gasteiger partial charge in [-0.1, -0.05) is 0 Å². The molecule has 0 amide bonds. The maximum absolute atomic E-state index is 12.7. The lowest BCUT2D eigenvalue weighted by molar-refractivity contribution is 0.248. The molecule has 3 aromatic rings. The smallest absolute Gasteiger partial charge is 0.261 e. The molecule has 3 heterocycles. The average molecular weight is 406 g/mol.